The van der Waals surface area contributed by atoms with Crippen molar-refractivity contribution in [2.45, 2.75) is 13.8 Å². The molecule has 6 aromatic rings. The van der Waals surface area contributed by atoms with Gasteiger partial charge in [-0.1, -0.05) is 84.1 Å². The molecular formula is C30H26N6S2Zn+2. The van der Waals surface area contributed by atoms with E-state index in [1.54, 1.807) is 0 Å². The van der Waals surface area contributed by atoms with Crippen molar-refractivity contribution in [2.75, 3.05) is 10.6 Å². The molecule has 0 amide bonds. The van der Waals surface area contributed by atoms with Crippen molar-refractivity contribution < 1.29 is 19.5 Å². The SMILES string of the molecule is Cc1ccc(NC(=S)c2nc3ccccc3[nH]2)cc1.Cc1ccc(NC(=S)c2nc3ccccc3[nH]2)cc1.[Zn+2]. The van der Waals surface area contributed by atoms with Gasteiger partial charge < -0.3 is 20.6 Å². The third-order valence-corrected chi connectivity index (χ3v) is 6.42. The molecule has 4 aromatic carbocycles. The molecular weight excluding hydrogens is 574 g/mol. The van der Waals surface area contributed by atoms with Crippen LogP contribution in [0.25, 0.3) is 22.1 Å². The molecule has 6 rings (SSSR count). The standard InChI is InChI=1S/2C15H13N3S.Zn/c2*1-10-6-8-11(9-7-10)16-15(19)14-17-12-4-2-3-5-13(12)18-14;/h2*2-9H,1H3,(H,16,19)(H,17,18);/q;;+2. The maximum Gasteiger partial charge on any atom is 2.00 e. The van der Waals surface area contributed by atoms with Crippen LogP contribution in [0.2, 0.25) is 0 Å². The molecule has 0 aliphatic carbocycles. The van der Waals surface area contributed by atoms with Gasteiger partial charge in [0.1, 0.15) is 9.98 Å². The maximum atomic E-state index is 5.37. The molecule has 2 aromatic heterocycles. The molecule has 39 heavy (non-hydrogen) atoms. The summed E-state index contributed by atoms with van der Waals surface area (Å²) in [7, 11) is 0. The molecule has 0 saturated carbocycles. The summed E-state index contributed by atoms with van der Waals surface area (Å²) in [5.41, 5.74) is 8.21. The van der Waals surface area contributed by atoms with Gasteiger partial charge in [-0.3, -0.25) is 0 Å². The Balaban J connectivity index is 0.000000176. The van der Waals surface area contributed by atoms with Crippen LogP contribution in [0.4, 0.5) is 11.4 Å². The smallest absolute Gasteiger partial charge is 0.344 e. The van der Waals surface area contributed by atoms with Crippen molar-refractivity contribution >= 4 is 67.9 Å². The number of fused-ring (bicyclic) bond motifs is 2. The Hall–Kier alpha value is -3.78. The van der Waals surface area contributed by atoms with Crippen molar-refractivity contribution in [3.63, 3.8) is 0 Å². The molecule has 0 bridgehead atoms. The van der Waals surface area contributed by atoms with Gasteiger partial charge in [0.05, 0.1) is 22.1 Å². The van der Waals surface area contributed by atoms with Crippen LogP contribution in [0.3, 0.4) is 0 Å². The number of aryl methyl sites for hydroxylation is 2. The summed E-state index contributed by atoms with van der Waals surface area (Å²) in [6.45, 7) is 4.11. The van der Waals surface area contributed by atoms with E-state index in [-0.39, 0.29) is 19.5 Å². The van der Waals surface area contributed by atoms with Crippen LogP contribution in [0, 0.1) is 13.8 Å². The molecule has 0 saturated heterocycles. The second-order valence-electron chi connectivity index (χ2n) is 8.85. The number of aromatic amines is 2. The molecule has 0 fully saturated rings. The van der Waals surface area contributed by atoms with E-state index in [9.17, 15) is 0 Å². The zero-order valence-corrected chi connectivity index (χ0v) is 26.3. The first kappa shape index (κ1) is 28.2. The van der Waals surface area contributed by atoms with Gasteiger partial charge >= 0.3 is 19.5 Å². The number of rotatable bonds is 4. The summed E-state index contributed by atoms with van der Waals surface area (Å²) in [6, 6.07) is 32.0. The van der Waals surface area contributed by atoms with Gasteiger partial charge in [-0.2, -0.15) is 0 Å². The maximum absolute atomic E-state index is 5.37. The summed E-state index contributed by atoms with van der Waals surface area (Å²) in [5.74, 6) is 1.38. The number of hydrogen-bond donors (Lipinski definition) is 4. The number of anilines is 2. The summed E-state index contributed by atoms with van der Waals surface area (Å²) >= 11 is 10.7. The van der Waals surface area contributed by atoms with Crippen LogP contribution in [-0.4, -0.2) is 29.9 Å². The fraction of sp³-hybridized carbons (Fsp3) is 0.0667. The number of nitrogens with one attached hydrogen (secondary N) is 4. The Kier molecular flexibility index (Phi) is 9.30. The van der Waals surface area contributed by atoms with Crippen molar-refractivity contribution in [2.24, 2.45) is 0 Å². The van der Waals surface area contributed by atoms with Gasteiger partial charge in [0, 0.05) is 11.4 Å². The van der Waals surface area contributed by atoms with Crippen LogP contribution < -0.4 is 10.6 Å². The Morgan fingerprint density at radius 3 is 1.28 bits per heavy atom. The fourth-order valence-corrected chi connectivity index (χ4v) is 4.20. The third kappa shape index (κ3) is 7.21. The first-order valence-corrected chi connectivity index (χ1v) is 12.9. The number of benzene rings is 4. The predicted molar refractivity (Wildman–Crippen MR) is 165 cm³/mol. The molecule has 0 aliphatic rings. The minimum Gasteiger partial charge on any atom is -0.344 e. The average Bonchev–Trinajstić information content (AvgIpc) is 3.56. The minimum atomic E-state index is 0. The third-order valence-electron chi connectivity index (χ3n) is 5.83. The van der Waals surface area contributed by atoms with Crippen molar-refractivity contribution in [1.82, 2.24) is 19.9 Å². The van der Waals surface area contributed by atoms with E-state index in [4.69, 9.17) is 24.4 Å². The first-order valence-electron chi connectivity index (χ1n) is 12.1. The fourth-order valence-electron chi connectivity index (χ4n) is 3.78. The second-order valence-corrected chi connectivity index (χ2v) is 9.66. The van der Waals surface area contributed by atoms with Gasteiger partial charge in [0.2, 0.25) is 0 Å². The van der Waals surface area contributed by atoms with E-state index >= 15 is 0 Å². The van der Waals surface area contributed by atoms with E-state index in [1.165, 1.54) is 11.1 Å². The molecule has 6 nitrogen and oxygen atoms in total. The molecule has 188 valence electrons. The van der Waals surface area contributed by atoms with E-state index in [0.29, 0.717) is 21.6 Å². The van der Waals surface area contributed by atoms with Crippen LogP contribution in [0.5, 0.6) is 0 Å². The van der Waals surface area contributed by atoms with Crippen molar-refractivity contribution in [3.05, 3.63) is 120 Å². The second kappa shape index (κ2) is 12.8. The topological polar surface area (TPSA) is 81.4 Å². The number of thiocarbonyl (C=S) groups is 2. The summed E-state index contributed by atoms with van der Waals surface area (Å²) in [6.07, 6.45) is 0. The predicted octanol–water partition coefficient (Wildman–Crippen LogP) is 7.32. The molecule has 0 unspecified atom stereocenters. The van der Waals surface area contributed by atoms with Gasteiger partial charge in [-0.25, -0.2) is 9.97 Å². The van der Waals surface area contributed by atoms with E-state index < -0.39 is 0 Å². The van der Waals surface area contributed by atoms with E-state index in [2.05, 4.69) is 44.4 Å². The Bertz CT molecular complexity index is 1530. The molecule has 0 atom stereocenters. The van der Waals surface area contributed by atoms with Crippen LogP contribution in [-0.2, 0) is 19.5 Å². The molecule has 0 radical (unpaired) electrons. The van der Waals surface area contributed by atoms with Crippen LogP contribution in [0.1, 0.15) is 22.8 Å². The molecule has 2 heterocycles. The number of aromatic nitrogens is 4. The van der Waals surface area contributed by atoms with Crippen molar-refractivity contribution in [1.29, 1.82) is 0 Å². The number of nitrogens with zero attached hydrogens (tertiary/aromatic N) is 2. The van der Waals surface area contributed by atoms with Crippen LogP contribution >= 0.6 is 24.4 Å². The molecule has 4 N–H and O–H groups in total. The van der Waals surface area contributed by atoms with E-state index in [0.717, 1.165) is 33.4 Å². The average molecular weight is 600 g/mol. The first-order chi connectivity index (χ1) is 18.4. The zero-order valence-electron chi connectivity index (χ0n) is 21.7. The number of H-pyrrole nitrogens is 2. The summed E-state index contributed by atoms with van der Waals surface area (Å²) in [4.78, 5) is 16.6. The number of para-hydroxylation sites is 4. The molecule has 0 aliphatic heterocycles. The minimum absolute atomic E-state index is 0. The Labute approximate surface area is 250 Å². The monoisotopic (exact) mass is 598 g/mol. The van der Waals surface area contributed by atoms with Gasteiger partial charge in [-0.15, -0.1) is 0 Å². The molecule has 0 spiro atoms. The zero-order chi connectivity index (χ0) is 26.5. The van der Waals surface area contributed by atoms with Crippen LogP contribution in [0.15, 0.2) is 97.1 Å². The van der Waals surface area contributed by atoms with E-state index in [1.807, 2.05) is 97.1 Å². The summed E-state index contributed by atoms with van der Waals surface area (Å²) in [5, 5.41) is 6.37. The van der Waals surface area contributed by atoms with Gasteiger partial charge in [-0.05, 0) is 62.4 Å². The Morgan fingerprint density at radius 2 is 0.923 bits per heavy atom. The quantitative estimate of drug-likeness (QED) is 0.126. The van der Waals surface area contributed by atoms with Gasteiger partial charge in [0.25, 0.3) is 0 Å². The number of hydrogen-bond acceptors (Lipinski definition) is 4. The molecule has 9 heteroatoms. The van der Waals surface area contributed by atoms with Crippen molar-refractivity contribution in [3.8, 4) is 0 Å². The largest absolute Gasteiger partial charge is 2.00 e. The number of imidazole rings is 2. The Morgan fingerprint density at radius 1 is 0.564 bits per heavy atom. The summed E-state index contributed by atoms with van der Waals surface area (Å²) < 4.78 is 0. The normalized spacial score (nSPS) is 10.3. The van der Waals surface area contributed by atoms with Gasteiger partial charge in [0.15, 0.2) is 11.6 Å².